The second-order valence-electron chi connectivity index (χ2n) is 2.43. The standard InChI is InChI=1S/C9H6O2S2/c10-5-8-9(11)13-7-4-2-1-3-6(7)12-8/h1-5,10H/b8-5+. The van der Waals surface area contributed by atoms with Crippen LogP contribution in [0.15, 0.2) is 45.2 Å². The molecule has 0 unspecified atom stereocenters. The summed E-state index contributed by atoms with van der Waals surface area (Å²) in [5.74, 6) is 0. The van der Waals surface area contributed by atoms with Gasteiger partial charge in [0.15, 0.2) is 0 Å². The van der Waals surface area contributed by atoms with Crippen molar-refractivity contribution in [2.45, 2.75) is 9.79 Å². The summed E-state index contributed by atoms with van der Waals surface area (Å²) in [6.45, 7) is 0. The van der Waals surface area contributed by atoms with Crippen molar-refractivity contribution in [1.82, 2.24) is 0 Å². The molecule has 2 nitrogen and oxygen atoms in total. The van der Waals surface area contributed by atoms with Crippen LogP contribution in [0.4, 0.5) is 0 Å². The summed E-state index contributed by atoms with van der Waals surface area (Å²) in [6.07, 6.45) is 0.871. The summed E-state index contributed by atoms with van der Waals surface area (Å²) >= 11 is 2.46. The maximum atomic E-state index is 11.3. The van der Waals surface area contributed by atoms with Crippen LogP contribution in [0.1, 0.15) is 0 Å². The summed E-state index contributed by atoms with van der Waals surface area (Å²) in [6, 6.07) is 7.65. The molecule has 0 atom stereocenters. The van der Waals surface area contributed by atoms with Crippen molar-refractivity contribution >= 4 is 28.6 Å². The van der Waals surface area contributed by atoms with E-state index < -0.39 is 0 Å². The summed E-state index contributed by atoms with van der Waals surface area (Å²) < 4.78 is 0. The van der Waals surface area contributed by atoms with Crippen molar-refractivity contribution in [3.63, 3.8) is 0 Å². The molecule has 1 N–H and O–H groups in total. The quantitative estimate of drug-likeness (QED) is 0.527. The average molecular weight is 210 g/mol. The second kappa shape index (κ2) is 3.47. The number of hydrogen-bond acceptors (Lipinski definition) is 4. The monoisotopic (exact) mass is 210 g/mol. The Morgan fingerprint density at radius 2 is 1.77 bits per heavy atom. The van der Waals surface area contributed by atoms with Gasteiger partial charge in [0.05, 0.1) is 6.26 Å². The zero-order valence-electron chi connectivity index (χ0n) is 6.56. The topological polar surface area (TPSA) is 37.3 Å². The van der Waals surface area contributed by atoms with E-state index in [1.165, 1.54) is 11.8 Å². The highest BCUT2D eigenvalue weighted by atomic mass is 32.2. The van der Waals surface area contributed by atoms with Gasteiger partial charge in [-0.3, -0.25) is 4.79 Å². The van der Waals surface area contributed by atoms with E-state index in [1.54, 1.807) is 0 Å². The normalized spacial score (nSPS) is 18.8. The van der Waals surface area contributed by atoms with Gasteiger partial charge in [-0.15, -0.1) is 0 Å². The van der Waals surface area contributed by atoms with Crippen molar-refractivity contribution in [3.8, 4) is 0 Å². The van der Waals surface area contributed by atoms with E-state index in [0.717, 1.165) is 27.8 Å². The van der Waals surface area contributed by atoms with Gasteiger partial charge in [-0.2, -0.15) is 0 Å². The predicted octanol–water partition coefficient (Wildman–Crippen LogP) is 2.81. The van der Waals surface area contributed by atoms with Gasteiger partial charge in [0.1, 0.15) is 4.91 Å². The first kappa shape index (κ1) is 8.72. The first-order chi connectivity index (χ1) is 6.31. The first-order valence-corrected chi connectivity index (χ1v) is 5.28. The molecule has 0 fully saturated rings. The number of aliphatic hydroxyl groups excluding tert-OH is 1. The maximum Gasteiger partial charge on any atom is 0.233 e. The molecule has 0 aromatic heterocycles. The van der Waals surface area contributed by atoms with Crippen molar-refractivity contribution in [2.24, 2.45) is 0 Å². The Balaban J connectivity index is 2.44. The van der Waals surface area contributed by atoms with Gasteiger partial charge in [-0.1, -0.05) is 23.9 Å². The van der Waals surface area contributed by atoms with E-state index in [2.05, 4.69) is 0 Å². The Labute approximate surface area is 84.0 Å². The molecular weight excluding hydrogens is 204 g/mol. The Morgan fingerprint density at radius 1 is 1.15 bits per heavy atom. The van der Waals surface area contributed by atoms with Crippen LogP contribution >= 0.6 is 23.5 Å². The van der Waals surface area contributed by atoms with Crippen LogP contribution in [0.2, 0.25) is 0 Å². The van der Waals surface area contributed by atoms with Crippen LogP contribution in [-0.4, -0.2) is 10.2 Å². The Kier molecular flexibility index (Phi) is 2.33. The molecule has 2 rings (SSSR count). The van der Waals surface area contributed by atoms with Gasteiger partial charge in [-0.05, 0) is 23.9 Å². The number of rotatable bonds is 0. The van der Waals surface area contributed by atoms with Gasteiger partial charge < -0.3 is 5.11 Å². The number of carbonyl (C=O) groups excluding carboxylic acids is 1. The number of thioether (sulfide) groups is 2. The molecule has 1 heterocycles. The highest BCUT2D eigenvalue weighted by molar-refractivity contribution is 8.19. The minimum Gasteiger partial charge on any atom is -0.514 e. The molecule has 0 spiro atoms. The molecule has 0 amide bonds. The molecule has 0 bridgehead atoms. The zero-order chi connectivity index (χ0) is 9.26. The minimum absolute atomic E-state index is 0.0915. The molecule has 66 valence electrons. The third-order valence-corrected chi connectivity index (χ3v) is 3.92. The molecule has 0 aliphatic carbocycles. The maximum absolute atomic E-state index is 11.3. The number of benzene rings is 1. The fourth-order valence-corrected chi connectivity index (χ4v) is 2.86. The van der Waals surface area contributed by atoms with Crippen LogP contribution in [0.25, 0.3) is 0 Å². The van der Waals surface area contributed by atoms with Crippen LogP contribution in [0, 0.1) is 0 Å². The smallest absolute Gasteiger partial charge is 0.233 e. The number of fused-ring (bicyclic) bond motifs is 1. The number of hydrogen-bond donors (Lipinski definition) is 1. The van der Waals surface area contributed by atoms with E-state index in [9.17, 15) is 4.79 Å². The highest BCUT2D eigenvalue weighted by Gasteiger charge is 2.21. The van der Waals surface area contributed by atoms with Gasteiger partial charge >= 0.3 is 0 Å². The predicted molar refractivity (Wildman–Crippen MR) is 53.9 cm³/mol. The first-order valence-electron chi connectivity index (χ1n) is 3.64. The Bertz CT molecular complexity index is 385. The molecular formula is C9H6O2S2. The number of aliphatic hydroxyl groups is 1. The molecule has 13 heavy (non-hydrogen) atoms. The van der Waals surface area contributed by atoms with Gasteiger partial charge in [0.2, 0.25) is 5.12 Å². The lowest BCUT2D eigenvalue weighted by atomic mass is 10.4. The van der Waals surface area contributed by atoms with E-state index in [-0.39, 0.29) is 5.12 Å². The Hall–Kier alpha value is -0.870. The molecule has 1 aliphatic rings. The lowest BCUT2D eigenvalue weighted by molar-refractivity contribution is -0.107. The van der Waals surface area contributed by atoms with Gasteiger partial charge in [0.25, 0.3) is 0 Å². The van der Waals surface area contributed by atoms with Crippen molar-refractivity contribution in [3.05, 3.63) is 35.4 Å². The summed E-state index contributed by atoms with van der Waals surface area (Å²) in [5.41, 5.74) is 0. The second-order valence-corrected chi connectivity index (χ2v) is 4.53. The zero-order valence-corrected chi connectivity index (χ0v) is 8.19. The lowest BCUT2D eigenvalue weighted by Crippen LogP contribution is -1.99. The third kappa shape index (κ3) is 1.59. The van der Waals surface area contributed by atoms with Gasteiger partial charge in [0, 0.05) is 9.79 Å². The summed E-state index contributed by atoms with van der Waals surface area (Å²) in [5, 5.41) is 8.68. The van der Waals surface area contributed by atoms with Crippen LogP contribution in [-0.2, 0) is 4.79 Å². The van der Waals surface area contributed by atoms with Gasteiger partial charge in [-0.25, -0.2) is 0 Å². The van der Waals surface area contributed by atoms with Crippen molar-refractivity contribution < 1.29 is 9.90 Å². The molecule has 0 saturated carbocycles. The van der Waals surface area contributed by atoms with E-state index in [1.807, 2.05) is 24.3 Å². The molecule has 4 heteroatoms. The summed E-state index contributed by atoms with van der Waals surface area (Å²) in [7, 11) is 0. The van der Waals surface area contributed by atoms with Crippen LogP contribution in [0.5, 0.6) is 0 Å². The molecule has 0 radical (unpaired) electrons. The Morgan fingerprint density at radius 3 is 2.38 bits per heavy atom. The van der Waals surface area contributed by atoms with Crippen LogP contribution < -0.4 is 0 Å². The largest absolute Gasteiger partial charge is 0.514 e. The van der Waals surface area contributed by atoms with Crippen molar-refractivity contribution in [1.29, 1.82) is 0 Å². The number of carbonyl (C=O) groups is 1. The molecule has 1 aliphatic heterocycles. The van der Waals surface area contributed by atoms with Crippen LogP contribution in [0.3, 0.4) is 0 Å². The van der Waals surface area contributed by atoms with E-state index in [4.69, 9.17) is 5.11 Å². The van der Waals surface area contributed by atoms with E-state index >= 15 is 0 Å². The molecule has 1 aromatic carbocycles. The SMILES string of the molecule is O=C1Sc2ccccc2S/C1=C/O. The molecule has 0 saturated heterocycles. The van der Waals surface area contributed by atoms with E-state index in [0.29, 0.717) is 4.91 Å². The fourth-order valence-electron chi connectivity index (χ4n) is 1.01. The lowest BCUT2D eigenvalue weighted by Gasteiger charge is -2.14. The third-order valence-electron chi connectivity index (χ3n) is 1.59. The fraction of sp³-hybridized carbons (Fsp3) is 0. The molecule has 1 aromatic rings. The minimum atomic E-state index is -0.0915. The van der Waals surface area contributed by atoms with Crippen molar-refractivity contribution in [2.75, 3.05) is 0 Å². The average Bonchev–Trinajstić information content (AvgIpc) is 2.17. The summed E-state index contributed by atoms with van der Waals surface area (Å²) in [4.78, 5) is 13.7. The highest BCUT2D eigenvalue weighted by Crippen LogP contribution is 2.43.